The zero-order valence-corrected chi connectivity index (χ0v) is 14.8. The maximum atomic E-state index is 12.7. The topological polar surface area (TPSA) is 71.8 Å². The molecule has 2 saturated heterocycles. The molecule has 4 rings (SSSR count). The minimum absolute atomic E-state index is 0.0258. The lowest BCUT2D eigenvalue weighted by molar-refractivity contribution is -0.137. The van der Waals surface area contributed by atoms with E-state index in [0.717, 1.165) is 17.5 Å². The van der Waals surface area contributed by atoms with Crippen LogP contribution in [0.15, 0.2) is 29.1 Å². The Bertz CT molecular complexity index is 905. The predicted molar refractivity (Wildman–Crippen MR) is 93.7 cm³/mol. The van der Waals surface area contributed by atoms with E-state index in [0.29, 0.717) is 25.0 Å². The second-order valence-electron chi connectivity index (χ2n) is 6.76. The summed E-state index contributed by atoms with van der Waals surface area (Å²) >= 11 is 1.30. The summed E-state index contributed by atoms with van der Waals surface area (Å²) in [6, 6.07) is 7.36. The van der Waals surface area contributed by atoms with Crippen molar-refractivity contribution in [2.45, 2.75) is 25.0 Å². The fourth-order valence-corrected chi connectivity index (χ4v) is 4.65. The van der Waals surface area contributed by atoms with Crippen molar-refractivity contribution < 1.29 is 14.3 Å². The molecule has 1 spiro atoms. The third-order valence-corrected chi connectivity index (χ3v) is 5.93. The molecular formula is C17H19N3O4S. The van der Waals surface area contributed by atoms with Crippen LogP contribution in [-0.4, -0.2) is 58.0 Å². The molecule has 0 bridgehead atoms. The molecule has 8 heteroatoms. The Kier molecular flexibility index (Phi) is 3.79. The van der Waals surface area contributed by atoms with Crippen molar-refractivity contribution in [1.29, 1.82) is 0 Å². The number of benzene rings is 1. The molecule has 2 aliphatic rings. The van der Waals surface area contributed by atoms with Gasteiger partial charge in [0.2, 0.25) is 5.91 Å². The van der Waals surface area contributed by atoms with Gasteiger partial charge in [-0.1, -0.05) is 23.7 Å². The summed E-state index contributed by atoms with van der Waals surface area (Å²) in [6.45, 7) is 1.54. The first-order valence-electron chi connectivity index (χ1n) is 8.28. The third kappa shape index (κ3) is 2.80. The number of likely N-dealkylation sites (N-methyl/N-ethyl adjacent to an activating group) is 1. The van der Waals surface area contributed by atoms with Crippen LogP contribution in [-0.2, 0) is 16.1 Å². The van der Waals surface area contributed by atoms with Gasteiger partial charge in [0.25, 0.3) is 5.56 Å². The number of ether oxygens (including phenoxy) is 1. The van der Waals surface area contributed by atoms with Crippen LogP contribution in [0, 0.1) is 0 Å². The van der Waals surface area contributed by atoms with Crippen LogP contribution in [0.5, 0.6) is 0 Å². The van der Waals surface area contributed by atoms with Crippen LogP contribution in [0.3, 0.4) is 0 Å². The lowest BCUT2D eigenvalue weighted by atomic mass is 9.93. The maximum absolute atomic E-state index is 12.7. The molecule has 0 unspecified atom stereocenters. The van der Waals surface area contributed by atoms with Gasteiger partial charge in [-0.3, -0.25) is 13.5 Å². The summed E-state index contributed by atoms with van der Waals surface area (Å²) in [5, 5.41) is 0.641. The van der Waals surface area contributed by atoms with Crippen molar-refractivity contribution >= 4 is 33.6 Å². The predicted octanol–water partition coefficient (Wildman–Crippen LogP) is 1.51. The Hall–Kier alpha value is -2.35. The molecule has 0 N–H and O–H groups in total. The van der Waals surface area contributed by atoms with Gasteiger partial charge in [-0.2, -0.15) is 0 Å². The quantitative estimate of drug-likeness (QED) is 0.813. The number of hydrogen-bond donors (Lipinski definition) is 0. The molecule has 2 amide bonds. The van der Waals surface area contributed by atoms with E-state index < -0.39 is 5.60 Å². The van der Waals surface area contributed by atoms with Crippen LogP contribution in [0.1, 0.15) is 12.8 Å². The Balaban J connectivity index is 1.52. The van der Waals surface area contributed by atoms with Gasteiger partial charge in [-0.25, -0.2) is 4.79 Å². The first kappa shape index (κ1) is 16.1. The van der Waals surface area contributed by atoms with Gasteiger partial charge in [-0.05, 0) is 25.0 Å². The highest BCUT2D eigenvalue weighted by atomic mass is 32.1. The molecule has 3 heterocycles. The summed E-state index contributed by atoms with van der Waals surface area (Å²) < 4.78 is 7.91. The summed E-state index contributed by atoms with van der Waals surface area (Å²) in [5.74, 6) is -0.113. The van der Waals surface area contributed by atoms with Crippen molar-refractivity contribution in [3.63, 3.8) is 0 Å². The van der Waals surface area contributed by atoms with E-state index in [2.05, 4.69) is 0 Å². The molecule has 0 radical (unpaired) electrons. The SMILES string of the molecule is CN1C[C@]2(CCCN(C(=O)Cn3sc4ccccc4c3=O)C2)OC1=O. The number of aromatic nitrogens is 1. The molecule has 0 saturated carbocycles. The summed E-state index contributed by atoms with van der Waals surface area (Å²) in [7, 11) is 1.70. The molecule has 2 aromatic rings. The van der Waals surface area contributed by atoms with Crippen molar-refractivity contribution in [3.05, 3.63) is 34.6 Å². The van der Waals surface area contributed by atoms with Gasteiger partial charge >= 0.3 is 6.09 Å². The maximum Gasteiger partial charge on any atom is 0.410 e. The third-order valence-electron chi connectivity index (χ3n) is 4.86. The summed E-state index contributed by atoms with van der Waals surface area (Å²) in [6.07, 6.45) is 1.21. The van der Waals surface area contributed by atoms with Crippen LogP contribution in [0.25, 0.3) is 10.1 Å². The van der Waals surface area contributed by atoms with Crippen LogP contribution >= 0.6 is 11.5 Å². The summed E-state index contributed by atoms with van der Waals surface area (Å²) in [4.78, 5) is 40.1. The number of hydrogen-bond acceptors (Lipinski definition) is 5. The van der Waals surface area contributed by atoms with E-state index in [-0.39, 0.29) is 24.1 Å². The molecule has 2 fully saturated rings. The lowest BCUT2D eigenvalue weighted by Crippen LogP contribution is -2.53. The fraction of sp³-hybridized carbons (Fsp3) is 0.471. The number of nitrogens with zero attached hydrogens (tertiary/aromatic N) is 3. The van der Waals surface area contributed by atoms with Gasteiger partial charge in [0.05, 0.1) is 23.2 Å². The van der Waals surface area contributed by atoms with Crippen LogP contribution in [0.4, 0.5) is 4.79 Å². The van der Waals surface area contributed by atoms with Crippen LogP contribution < -0.4 is 5.56 Å². The number of piperidine rings is 1. The molecular weight excluding hydrogens is 342 g/mol. The smallest absolute Gasteiger partial charge is 0.410 e. The van der Waals surface area contributed by atoms with Gasteiger partial charge in [0.1, 0.15) is 12.1 Å². The summed E-state index contributed by atoms with van der Waals surface area (Å²) in [5.41, 5.74) is -0.738. The molecule has 132 valence electrons. The molecule has 2 aliphatic heterocycles. The highest BCUT2D eigenvalue weighted by Crippen LogP contribution is 2.31. The van der Waals surface area contributed by atoms with E-state index >= 15 is 0 Å². The Morgan fingerprint density at radius 3 is 2.80 bits per heavy atom. The number of rotatable bonds is 2. The number of fused-ring (bicyclic) bond motifs is 1. The highest BCUT2D eigenvalue weighted by Gasteiger charge is 2.47. The van der Waals surface area contributed by atoms with Crippen molar-refractivity contribution in [2.75, 3.05) is 26.7 Å². The largest absolute Gasteiger partial charge is 0.439 e. The molecule has 7 nitrogen and oxygen atoms in total. The monoisotopic (exact) mass is 361 g/mol. The van der Waals surface area contributed by atoms with Gasteiger partial charge in [-0.15, -0.1) is 0 Å². The standard InChI is InChI=1S/C17H19N3O4S/c1-18-10-17(24-16(18)23)7-4-8-19(11-17)14(21)9-20-15(22)12-5-2-3-6-13(12)25-20/h2-3,5-6H,4,7-11H2,1H3/t17-/m0/s1. The first-order valence-corrected chi connectivity index (χ1v) is 9.06. The molecule has 0 aliphatic carbocycles. The van der Waals surface area contributed by atoms with Gasteiger partial charge in [0, 0.05) is 13.6 Å². The van der Waals surface area contributed by atoms with E-state index in [1.165, 1.54) is 15.5 Å². The Labute approximate surface area is 148 Å². The van der Waals surface area contributed by atoms with E-state index in [1.54, 1.807) is 22.9 Å². The zero-order valence-electron chi connectivity index (χ0n) is 13.9. The lowest BCUT2D eigenvalue weighted by Gasteiger charge is -2.38. The Morgan fingerprint density at radius 1 is 1.28 bits per heavy atom. The van der Waals surface area contributed by atoms with E-state index in [1.807, 2.05) is 18.2 Å². The molecule has 1 atom stereocenters. The minimum Gasteiger partial charge on any atom is -0.439 e. The average molecular weight is 361 g/mol. The van der Waals surface area contributed by atoms with Crippen molar-refractivity contribution in [2.24, 2.45) is 0 Å². The van der Waals surface area contributed by atoms with Crippen LogP contribution in [0.2, 0.25) is 0 Å². The first-order chi connectivity index (χ1) is 12.0. The molecule has 1 aromatic carbocycles. The number of likely N-dealkylation sites (tertiary alicyclic amines) is 1. The van der Waals surface area contributed by atoms with E-state index in [9.17, 15) is 14.4 Å². The fourth-order valence-electron chi connectivity index (χ4n) is 3.66. The normalized spacial score (nSPS) is 23.5. The van der Waals surface area contributed by atoms with Gasteiger partial charge in [0.15, 0.2) is 0 Å². The number of carbonyl (C=O) groups excluding carboxylic acids is 2. The second-order valence-corrected chi connectivity index (χ2v) is 7.82. The number of carbonyl (C=O) groups is 2. The minimum atomic E-state index is -0.606. The molecule has 25 heavy (non-hydrogen) atoms. The van der Waals surface area contributed by atoms with Crippen molar-refractivity contribution in [3.8, 4) is 0 Å². The van der Waals surface area contributed by atoms with Gasteiger partial charge < -0.3 is 14.5 Å². The number of amides is 2. The zero-order chi connectivity index (χ0) is 17.6. The average Bonchev–Trinajstić information content (AvgIpc) is 3.05. The molecule has 1 aromatic heterocycles. The Morgan fingerprint density at radius 2 is 2.08 bits per heavy atom. The van der Waals surface area contributed by atoms with E-state index in [4.69, 9.17) is 4.74 Å². The second kappa shape index (κ2) is 5.87. The highest BCUT2D eigenvalue weighted by molar-refractivity contribution is 7.13. The van der Waals surface area contributed by atoms with Crippen molar-refractivity contribution in [1.82, 2.24) is 13.8 Å².